The highest BCUT2D eigenvalue weighted by molar-refractivity contribution is 7.89. The maximum absolute atomic E-state index is 12.9. The molecular formula is C13H19F3N2O2S. The molecule has 0 aliphatic carbocycles. The molecule has 0 atom stereocenters. The third-order valence-corrected chi connectivity index (χ3v) is 4.96. The summed E-state index contributed by atoms with van der Waals surface area (Å²) >= 11 is 0. The SMILES string of the molecule is CCC(N)(CC)CNS(=O)(=O)c1ccccc1C(F)(F)F. The Labute approximate surface area is 122 Å². The highest BCUT2D eigenvalue weighted by Gasteiger charge is 2.37. The monoisotopic (exact) mass is 324 g/mol. The molecule has 0 aromatic heterocycles. The lowest BCUT2D eigenvalue weighted by Gasteiger charge is -2.27. The van der Waals surface area contributed by atoms with Crippen LogP contribution in [-0.2, 0) is 16.2 Å². The standard InChI is InChI=1S/C13H19F3N2O2S/c1-3-12(17,4-2)9-18-21(19,20)11-8-6-5-7-10(11)13(14,15)16/h5-8,18H,3-4,9,17H2,1-2H3. The summed E-state index contributed by atoms with van der Waals surface area (Å²) in [5.41, 5.74) is 3.99. The van der Waals surface area contributed by atoms with E-state index in [1.54, 1.807) is 13.8 Å². The van der Waals surface area contributed by atoms with Gasteiger partial charge in [-0.1, -0.05) is 26.0 Å². The van der Waals surface area contributed by atoms with Gasteiger partial charge in [0, 0.05) is 12.1 Å². The lowest BCUT2D eigenvalue weighted by atomic mass is 9.95. The topological polar surface area (TPSA) is 72.2 Å². The summed E-state index contributed by atoms with van der Waals surface area (Å²) in [4.78, 5) is -0.785. The predicted octanol–water partition coefficient (Wildman–Crippen LogP) is 2.50. The van der Waals surface area contributed by atoms with E-state index >= 15 is 0 Å². The summed E-state index contributed by atoms with van der Waals surface area (Å²) < 4.78 is 65.0. The second-order valence-corrected chi connectivity index (χ2v) is 6.62. The molecule has 0 fully saturated rings. The molecule has 0 saturated heterocycles. The first-order chi connectivity index (χ1) is 9.56. The summed E-state index contributed by atoms with van der Waals surface area (Å²) in [5, 5.41) is 0. The predicted molar refractivity (Wildman–Crippen MR) is 74.1 cm³/mol. The van der Waals surface area contributed by atoms with Gasteiger partial charge >= 0.3 is 6.18 Å². The summed E-state index contributed by atoms with van der Waals surface area (Å²) in [6, 6.07) is 4.07. The van der Waals surface area contributed by atoms with Crippen LogP contribution in [0.1, 0.15) is 32.3 Å². The summed E-state index contributed by atoms with van der Waals surface area (Å²) in [5.74, 6) is 0. The molecule has 1 rings (SSSR count). The average Bonchev–Trinajstić information content (AvgIpc) is 2.44. The Balaban J connectivity index is 3.10. The van der Waals surface area contributed by atoms with Gasteiger partial charge in [0.25, 0.3) is 0 Å². The van der Waals surface area contributed by atoms with Gasteiger partial charge in [-0.05, 0) is 25.0 Å². The van der Waals surface area contributed by atoms with E-state index in [0.29, 0.717) is 12.8 Å². The van der Waals surface area contributed by atoms with Crippen LogP contribution >= 0.6 is 0 Å². The fourth-order valence-corrected chi connectivity index (χ4v) is 3.12. The summed E-state index contributed by atoms with van der Waals surface area (Å²) in [6.07, 6.45) is -3.72. The number of alkyl halides is 3. The van der Waals surface area contributed by atoms with Crippen LogP contribution < -0.4 is 10.5 Å². The first-order valence-corrected chi connectivity index (χ1v) is 7.99. The molecular weight excluding hydrogens is 305 g/mol. The van der Waals surface area contributed by atoms with Crippen molar-refractivity contribution in [2.24, 2.45) is 5.73 Å². The second-order valence-electron chi connectivity index (χ2n) is 4.89. The molecule has 4 nitrogen and oxygen atoms in total. The van der Waals surface area contributed by atoms with E-state index in [4.69, 9.17) is 5.73 Å². The molecule has 0 aliphatic rings. The molecule has 0 saturated carbocycles. The second kappa shape index (κ2) is 6.33. The number of hydrogen-bond acceptors (Lipinski definition) is 3. The van der Waals surface area contributed by atoms with E-state index in [0.717, 1.165) is 18.2 Å². The van der Waals surface area contributed by atoms with Crippen LogP contribution in [0.25, 0.3) is 0 Å². The molecule has 21 heavy (non-hydrogen) atoms. The molecule has 0 radical (unpaired) electrons. The first kappa shape index (κ1) is 17.9. The van der Waals surface area contributed by atoms with Crippen molar-refractivity contribution in [2.75, 3.05) is 6.54 Å². The van der Waals surface area contributed by atoms with Crippen molar-refractivity contribution in [3.8, 4) is 0 Å². The molecule has 1 aromatic carbocycles. The number of sulfonamides is 1. The minimum atomic E-state index is -4.74. The van der Waals surface area contributed by atoms with E-state index in [9.17, 15) is 21.6 Å². The number of hydrogen-bond donors (Lipinski definition) is 2. The fourth-order valence-electron chi connectivity index (χ4n) is 1.75. The van der Waals surface area contributed by atoms with Crippen molar-refractivity contribution in [3.05, 3.63) is 29.8 Å². The molecule has 0 amide bonds. The van der Waals surface area contributed by atoms with Crippen LogP contribution in [0.5, 0.6) is 0 Å². The minimum absolute atomic E-state index is 0.117. The van der Waals surface area contributed by atoms with E-state index in [2.05, 4.69) is 4.72 Å². The maximum atomic E-state index is 12.9. The van der Waals surface area contributed by atoms with Gasteiger partial charge in [-0.25, -0.2) is 13.1 Å². The van der Waals surface area contributed by atoms with Gasteiger partial charge < -0.3 is 5.73 Å². The van der Waals surface area contributed by atoms with Crippen molar-refractivity contribution in [1.82, 2.24) is 4.72 Å². The van der Waals surface area contributed by atoms with Crippen molar-refractivity contribution in [2.45, 2.75) is 43.3 Å². The average molecular weight is 324 g/mol. The Kier molecular flexibility index (Phi) is 5.40. The van der Waals surface area contributed by atoms with Gasteiger partial charge in [-0.15, -0.1) is 0 Å². The maximum Gasteiger partial charge on any atom is 0.417 e. The van der Waals surface area contributed by atoms with Crippen LogP contribution in [0.2, 0.25) is 0 Å². The number of halogens is 3. The molecule has 8 heteroatoms. The van der Waals surface area contributed by atoms with E-state index < -0.39 is 32.2 Å². The van der Waals surface area contributed by atoms with E-state index in [1.807, 2.05) is 0 Å². The van der Waals surface area contributed by atoms with Crippen LogP contribution in [0, 0.1) is 0 Å². The molecule has 0 heterocycles. The Hall–Kier alpha value is -1.12. The van der Waals surface area contributed by atoms with E-state index in [-0.39, 0.29) is 6.54 Å². The van der Waals surface area contributed by atoms with Gasteiger partial charge in [-0.2, -0.15) is 13.2 Å². The van der Waals surface area contributed by atoms with Crippen molar-refractivity contribution in [3.63, 3.8) is 0 Å². The quantitative estimate of drug-likeness (QED) is 0.844. The van der Waals surface area contributed by atoms with Crippen molar-refractivity contribution < 1.29 is 21.6 Å². The first-order valence-electron chi connectivity index (χ1n) is 6.50. The number of benzene rings is 1. The van der Waals surface area contributed by atoms with Crippen LogP contribution in [0.3, 0.4) is 0 Å². The van der Waals surface area contributed by atoms with Gasteiger partial charge in [0.05, 0.1) is 10.5 Å². The molecule has 0 spiro atoms. The third kappa shape index (κ3) is 4.42. The van der Waals surface area contributed by atoms with E-state index in [1.165, 1.54) is 6.07 Å². The molecule has 0 unspecified atom stereocenters. The Bertz CT molecular complexity index is 581. The zero-order valence-electron chi connectivity index (χ0n) is 11.9. The minimum Gasteiger partial charge on any atom is -0.324 e. The molecule has 0 bridgehead atoms. The Morgan fingerprint density at radius 2 is 1.67 bits per heavy atom. The van der Waals surface area contributed by atoms with Gasteiger partial charge in [0.15, 0.2) is 0 Å². The molecule has 1 aromatic rings. The van der Waals surface area contributed by atoms with Crippen molar-refractivity contribution >= 4 is 10.0 Å². The number of nitrogens with two attached hydrogens (primary N) is 1. The highest BCUT2D eigenvalue weighted by Crippen LogP contribution is 2.33. The Morgan fingerprint density at radius 3 is 2.14 bits per heavy atom. The zero-order valence-corrected chi connectivity index (χ0v) is 12.7. The summed E-state index contributed by atoms with van der Waals surface area (Å²) in [6.45, 7) is 3.47. The fraction of sp³-hybridized carbons (Fsp3) is 0.538. The van der Waals surface area contributed by atoms with Gasteiger partial charge in [0.2, 0.25) is 10.0 Å². The lowest BCUT2D eigenvalue weighted by molar-refractivity contribution is -0.139. The lowest BCUT2D eigenvalue weighted by Crippen LogP contribution is -2.49. The molecule has 0 aliphatic heterocycles. The van der Waals surface area contributed by atoms with Gasteiger partial charge in [-0.3, -0.25) is 0 Å². The van der Waals surface area contributed by atoms with Crippen LogP contribution in [-0.4, -0.2) is 20.5 Å². The highest BCUT2D eigenvalue weighted by atomic mass is 32.2. The van der Waals surface area contributed by atoms with Crippen LogP contribution in [0.15, 0.2) is 29.2 Å². The third-order valence-electron chi connectivity index (χ3n) is 3.50. The van der Waals surface area contributed by atoms with Gasteiger partial charge in [0.1, 0.15) is 0 Å². The summed E-state index contributed by atoms with van der Waals surface area (Å²) in [7, 11) is -4.28. The molecule has 3 N–H and O–H groups in total. The largest absolute Gasteiger partial charge is 0.417 e. The zero-order chi connectivity index (χ0) is 16.3. The van der Waals surface area contributed by atoms with Crippen molar-refractivity contribution in [1.29, 1.82) is 0 Å². The normalized spacial score (nSPS) is 13.4. The smallest absolute Gasteiger partial charge is 0.324 e. The number of rotatable bonds is 6. The molecule has 120 valence electrons. The van der Waals surface area contributed by atoms with Crippen LogP contribution in [0.4, 0.5) is 13.2 Å². The Morgan fingerprint density at radius 1 is 1.14 bits per heavy atom. The number of nitrogens with one attached hydrogen (secondary N) is 1.